The Kier molecular flexibility index (Phi) is 15.0. The van der Waals surface area contributed by atoms with Crippen molar-refractivity contribution < 1.29 is 38.6 Å². The number of aromatic nitrogens is 2. The normalized spacial score (nSPS) is 23.9. The number of aromatic hydroxyl groups is 1. The number of ether oxygens (including phenoxy) is 2. The lowest BCUT2D eigenvalue weighted by molar-refractivity contribution is -0.155. The molecular weight excluding hydrogens is 901 g/mol. The molecule has 6 bridgehead atoms. The van der Waals surface area contributed by atoms with Crippen LogP contribution in [0.1, 0.15) is 103 Å². The number of likely N-dealkylation sites (tertiary alicyclic amines) is 2. The first kappa shape index (κ1) is 51.5. The lowest BCUT2D eigenvalue weighted by Crippen LogP contribution is -2.62. The number of methoxy groups -OCH3 is 1. The van der Waals surface area contributed by atoms with E-state index in [0.717, 1.165) is 63.9 Å². The number of carbonyl (C=O) groups is 5. The van der Waals surface area contributed by atoms with E-state index < -0.39 is 52.8 Å². The summed E-state index contributed by atoms with van der Waals surface area (Å²) in [6, 6.07) is 12.6. The maximum absolute atomic E-state index is 14.8. The number of cyclic esters (lactones) is 1. The third-order valence-electron chi connectivity index (χ3n) is 15.6. The summed E-state index contributed by atoms with van der Waals surface area (Å²) in [4.78, 5) is 81.8. The molecule has 0 spiro atoms. The molecule has 0 unspecified atom stereocenters. The quantitative estimate of drug-likeness (QED) is 0.153. The Bertz CT molecular complexity index is 2680. The second-order valence-electron chi connectivity index (χ2n) is 21.7. The topological polar surface area (TPSA) is 179 Å². The number of likely N-dealkylation sites (N-methyl/N-ethyl adjacent to an activating group) is 2. The number of rotatable bonds is 10. The maximum Gasteiger partial charge on any atom is 0.324 e. The monoisotopic (exact) mass is 975 g/mol. The van der Waals surface area contributed by atoms with Crippen molar-refractivity contribution in [2.75, 3.05) is 54.0 Å². The van der Waals surface area contributed by atoms with Crippen LogP contribution in [0.5, 0.6) is 5.75 Å². The number of hydrogen-bond acceptors (Lipinski definition) is 11. The zero-order chi connectivity index (χ0) is 51.1. The lowest BCUT2D eigenvalue weighted by atomic mass is 9.84. The summed E-state index contributed by atoms with van der Waals surface area (Å²) in [5.41, 5.74) is 8.98. The fourth-order valence-electron chi connectivity index (χ4n) is 11.5. The molecule has 4 aromatic rings. The van der Waals surface area contributed by atoms with Gasteiger partial charge < -0.3 is 34.3 Å². The molecular formula is C55H74N8O8. The first-order valence-electron chi connectivity index (χ1n) is 25.5. The molecule has 382 valence electrons. The summed E-state index contributed by atoms with van der Waals surface area (Å²) in [6.07, 6.45) is 5.18. The predicted molar refractivity (Wildman–Crippen MR) is 272 cm³/mol. The zero-order valence-electron chi connectivity index (χ0n) is 43.3. The van der Waals surface area contributed by atoms with E-state index in [1.165, 1.54) is 9.91 Å². The Morgan fingerprint density at radius 2 is 1.79 bits per heavy atom. The van der Waals surface area contributed by atoms with Crippen molar-refractivity contribution in [1.29, 1.82) is 0 Å². The minimum absolute atomic E-state index is 0.00579. The van der Waals surface area contributed by atoms with E-state index in [1.807, 2.05) is 52.9 Å². The molecule has 8 rings (SSSR count). The number of hydrazine groups is 1. The second kappa shape index (κ2) is 20.7. The molecule has 4 amide bonds. The first-order valence-corrected chi connectivity index (χ1v) is 25.5. The van der Waals surface area contributed by atoms with E-state index in [4.69, 9.17) is 14.5 Å². The Hall–Kier alpha value is -5.84. The van der Waals surface area contributed by atoms with Crippen LogP contribution in [-0.4, -0.2) is 142 Å². The van der Waals surface area contributed by atoms with Crippen molar-refractivity contribution in [2.45, 2.75) is 130 Å². The summed E-state index contributed by atoms with van der Waals surface area (Å²) in [7, 11) is 5.26. The van der Waals surface area contributed by atoms with Gasteiger partial charge in [0.25, 0.3) is 5.91 Å². The molecule has 2 aromatic carbocycles. The van der Waals surface area contributed by atoms with Gasteiger partial charge in [-0.3, -0.25) is 38.9 Å². The summed E-state index contributed by atoms with van der Waals surface area (Å²) in [5, 5.41) is 16.8. The molecule has 2 aromatic heterocycles. The number of fused-ring (bicyclic) bond motifs is 6. The van der Waals surface area contributed by atoms with Crippen molar-refractivity contribution in [2.24, 2.45) is 17.3 Å². The minimum atomic E-state index is -1.16. The summed E-state index contributed by atoms with van der Waals surface area (Å²) in [6.45, 7) is 16.6. The van der Waals surface area contributed by atoms with Gasteiger partial charge in [-0.05, 0) is 137 Å². The number of carbonyl (C=O) groups excluding carboxylic acids is 5. The van der Waals surface area contributed by atoms with Crippen LogP contribution in [0.2, 0.25) is 0 Å². The number of phenolic OH excluding ortho intramolecular Hbond substituents is 1. The minimum Gasteiger partial charge on any atom is -0.508 e. The van der Waals surface area contributed by atoms with Gasteiger partial charge >= 0.3 is 5.97 Å². The van der Waals surface area contributed by atoms with E-state index in [1.54, 1.807) is 37.4 Å². The highest BCUT2D eigenvalue weighted by Crippen LogP contribution is 2.42. The average Bonchev–Trinajstić information content (AvgIpc) is 4.06. The van der Waals surface area contributed by atoms with Crippen molar-refractivity contribution in [3.05, 3.63) is 71.5 Å². The number of nitrogens with zero attached hydrogens (tertiary/aromatic N) is 6. The summed E-state index contributed by atoms with van der Waals surface area (Å²) < 4.78 is 14.3. The van der Waals surface area contributed by atoms with Crippen LogP contribution in [0.25, 0.3) is 33.3 Å². The third-order valence-corrected chi connectivity index (χ3v) is 15.6. The molecule has 6 atom stereocenters. The van der Waals surface area contributed by atoms with Crippen molar-refractivity contribution in [3.8, 4) is 28.1 Å². The van der Waals surface area contributed by atoms with Crippen LogP contribution in [-0.2, 0) is 52.8 Å². The molecule has 4 aliphatic rings. The predicted octanol–water partition coefficient (Wildman–Crippen LogP) is 6.27. The van der Waals surface area contributed by atoms with Gasteiger partial charge in [-0.25, -0.2) is 5.43 Å². The van der Waals surface area contributed by atoms with E-state index in [9.17, 15) is 29.1 Å². The van der Waals surface area contributed by atoms with Crippen LogP contribution >= 0.6 is 0 Å². The number of aryl methyl sites for hydroxylation is 1. The van der Waals surface area contributed by atoms with Crippen LogP contribution in [0.3, 0.4) is 0 Å². The van der Waals surface area contributed by atoms with E-state index in [-0.39, 0.29) is 55.7 Å². The van der Waals surface area contributed by atoms with Crippen LogP contribution in [0, 0.1) is 17.3 Å². The number of esters is 1. The molecule has 3 N–H and O–H groups in total. The molecule has 3 saturated heterocycles. The standard InChI is InChI=1S/C55H74N8O8/c1-11-62-45-18-17-36-29-41(45)42(48(62)40-15-12-21-56-46(40)34(4)70-10)30-54(5,6)32-71-52(68)43-16-13-23-63(58-43)51(67)44(27-35-25-38(36)28-39(64)26-35)57-49(65)47(33(2)3)60(9)50(66)37-19-24-61(31-37)53(69)55(7)20-14-22-59(55)8/h12,15,17-18,21,25-26,28-29,33-34,37,43-44,47,58,64H,11,13-14,16,19-20,22-24,27,30-32H2,1-10H3,(H,57,65)/t34-,37-,43-,44-,47-,55-/m0/s1. The third kappa shape index (κ3) is 10.3. The van der Waals surface area contributed by atoms with Crippen molar-refractivity contribution in [3.63, 3.8) is 0 Å². The Morgan fingerprint density at radius 1 is 1.01 bits per heavy atom. The molecule has 3 fully saturated rings. The fourth-order valence-corrected chi connectivity index (χ4v) is 11.5. The Balaban J connectivity index is 1.15. The number of benzene rings is 2. The Labute approximate surface area is 418 Å². The highest BCUT2D eigenvalue weighted by Gasteiger charge is 2.47. The van der Waals surface area contributed by atoms with Crippen LogP contribution in [0.4, 0.5) is 0 Å². The number of pyridine rings is 1. The highest BCUT2D eigenvalue weighted by atomic mass is 16.5. The molecule has 0 radical (unpaired) electrons. The van der Waals surface area contributed by atoms with E-state index in [2.05, 4.69) is 59.2 Å². The van der Waals surface area contributed by atoms with Gasteiger partial charge in [0.2, 0.25) is 17.7 Å². The van der Waals surface area contributed by atoms with Crippen molar-refractivity contribution >= 4 is 40.5 Å². The highest BCUT2D eigenvalue weighted by molar-refractivity contribution is 5.96. The number of nitrogens with one attached hydrogen (secondary N) is 2. The lowest BCUT2D eigenvalue weighted by Gasteiger charge is -2.37. The van der Waals surface area contributed by atoms with E-state index >= 15 is 0 Å². The van der Waals surface area contributed by atoms with Gasteiger partial charge in [0, 0.05) is 74.8 Å². The van der Waals surface area contributed by atoms with Gasteiger partial charge in [0.15, 0.2) is 0 Å². The maximum atomic E-state index is 14.8. The van der Waals surface area contributed by atoms with E-state index in [0.29, 0.717) is 44.3 Å². The van der Waals surface area contributed by atoms with Gasteiger partial charge in [0.05, 0.1) is 35.6 Å². The molecule has 16 heteroatoms. The Morgan fingerprint density at radius 3 is 2.49 bits per heavy atom. The van der Waals surface area contributed by atoms with Crippen molar-refractivity contribution in [1.82, 2.24) is 40.0 Å². The smallest absolute Gasteiger partial charge is 0.324 e. The molecule has 6 heterocycles. The number of hydrogen-bond donors (Lipinski definition) is 3. The fraction of sp³-hybridized carbons (Fsp3) is 0.564. The first-order chi connectivity index (χ1) is 33.7. The van der Waals surface area contributed by atoms with Gasteiger partial charge in [0.1, 0.15) is 23.9 Å². The summed E-state index contributed by atoms with van der Waals surface area (Å²) in [5.74, 6) is -2.49. The van der Waals surface area contributed by atoms with Gasteiger partial charge in [-0.1, -0.05) is 39.8 Å². The van der Waals surface area contributed by atoms with Crippen LogP contribution < -0.4 is 10.7 Å². The zero-order valence-corrected chi connectivity index (χ0v) is 43.3. The van der Waals surface area contributed by atoms with Crippen LogP contribution in [0.15, 0.2) is 54.7 Å². The largest absolute Gasteiger partial charge is 0.508 e. The average molecular weight is 975 g/mol. The molecule has 71 heavy (non-hydrogen) atoms. The molecule has 0 saturated carbocycles. The number of phenols is 1. The number of amides is 4. The van der Waals surface area contributed by atoms with Gasteiger partial charge in [-0.2, -0.15) is 0 Å². The molecule has 0 aliphatic carbocycles. The molecule has 16 nitrogen and oxygen atoms in total. The van der Waals surface area contributed by atoms with Gasteiger partial charge in [-0.15, -0.1) is 0 Å². The second-order valence-corrected chi connectivity index (χ2v) is 21.7. The SMILES string of the molecule is CCn1c(-c2cccnc2[C@H](C)OC)c2c3cc(ccc31)-c1cc(O)cc(c1)C[C@H](NC(=O)[C@H](C(C)C)N(C)C(=O)[C@H]1CCN(C(=O)[C@]3(C)CCCN3C)C1)C(=O)N1CCC[C@H](N1)C(=O)OCC(C)(C)C2. The summed E-state index contributed by atoms with van der Waals surface area (Å²) >= 11 is 0. The molecule has 4 aliphatic heterocycles.